The lowest BCUT2D eigenvalue weighted by Crippen LogP contribution is -2.24. The topological polar surface area (TPSA) is 69.0 Å². The summed E-state index contributed by atoms with van der Waals surface area (Å²) in [6.07, 6.45) is 1.67. The highest BCUT2D eigenvalue weighted by Crippen LogP contribution is 2.21. The van der Waals surface area contributed by atoms with Crippen LogP contribution in [0, 0.1) is 6.92 Å². The highest BCUT2D eigenvalue weighted by Gasteiger charge is 2.16. The molecule has 1 aromatic carbocycles. The Morgan fingerprint density at radius 1 is 1.30 bits per heavy atom. The summed E-state index contributed by atoms with van der Waals surface area (Å²) >= 11 is 0. The molecule has 0 saturated heterocycles. The molecule has 1 N–H and O–H groups in total. The summed E-state index contributed by atoms with van der Waals surface area (Å²) < 4.78 is 31.3. The lowest BCUT2D eigenvalue weighted by Gasteiger charge is -2.12. The first kappa shape index (κ1) is 18.8. The van der Waals surface area contributed by atoms with Gasteiger partial charge in [0, 0.05) is 23.5 Å². The van der Waals surface area contributed by atoms with E-state index in [4.69, 9.17) is 0 Å². The van der Waals surface area contributed by atoms with Crippen LogP contribution in [-0.4, -0.2) is 27.3 Å². The number of hydrogen-bond acceptors (Lipinski definition) is 4. The van der Waals surface area contributed by atoms with Crippen LogP contribution in [0.2, 0.25) is 0 Å². The van der Waals surface area contributed by atoms with Crippen molar-refractivity contribution in [1.82, 2.24) is 20.1 Å². The van der Waals surface area contributed by atoms with Crippen molar-refractivity contribution in [2.24, 2.45) is 0 Å². The molecule has 2 heterocycles. The minimum Gasteiger partial charge on any atom is -0.434 e. The second kappa shape index (κ2) is 7.69. The predicted molar refractivity (Wildman–Crippen MR) is 96.9 cm³/mol. The highest BCUT2D eigenvalue weighted by molar-refractivity contribution is 5.98. The van der Waals surface area contributed by atoms with Crippen LogP contribution in [0.4, 0.5) is 8.78 Å². The summed E-state index contributed by atoms with van der Waals surface area (Å²) in [5.41, 5.74) is 2.16. The standard InChI is InChI=1S/C19H20F2N4O2/c1-11(2)25-17-14(10-23-25)8-15(12(3)24-17)18(26)22-9-13-6-4-5-7-16(13)27-19(20)21/h4-8,10-11,19H,9H2,1-3H3,(H,22,26). The summed E-state index contributed by atoms with van der Waals surface area (Å²) in [6, 6.07) is 8.24. The van der Waals surface area contributed by atoms with Gasteiger partial charge in [-0.25, -0.2) is 9.67 Å². The molecule has 8 heteroatoms. The summed E-state index contributed by atoms with van der Waals surface area (Å²) in [7, 11) is 0. The fraction of sp³-hybridized carbons (Fsp3) is 0.316. The van der Waals surface area contributed by atoms with Gasteiger partial charge in [-0.15, -0.1) is 0 Å². The van der Waals surface area contributed by atoms with Gasteiger partial charge in [0.15, 0.2) is 5.65 Å². The Bertz CT molecular complexity index is 969. The molecule has 0 aliphatic heterocycles. The van der Waals surface area contributed by atoms with Crippen LogP contribution in [0.3, 0.4) is 0 Å². The van der Waals surface area contributed by atoms with E-state index in [1.807, 2.05) is 13.8 Å². The average molecular weight is 374 g/mol. The van der Waals surface area contributed by atoms with Crippen molar-refractivity contribution >= 4 is 16.9 Å². The summed E-state index contributed by atoms with van der Waals surface area (Å²) in [4.78, 5) is 17.1. The normalized spacial score (nSPS) is 11.4. The van der Waals surface area contributed by atoms with Gasteiger partial charge in [0.1, 0.15) is 5.75 Å². The van der Waals surface area contributed by atoms with Gasteiger partial charge in [0.05, 0.1) is 17.5 Å². The van der Waals surface area contributed by atoms with E-state index in [9.17, 15) is 13.6 Å². The third-order valence-corrected chi connectivity index (χ3v) is 4.12. The number of fused-ring (bicyclic) bond motifs is 1. The van der Waals surface area contributed by atoms with E-state index in [1.54, 1.807) is 42.1 Å². The van der Waals surface area contributed by atoms with Crippen molar-refractivity contribution in [3.05, 3.63) is 53.3 Å². The Labute approximate surface area is 155 Å². The zero-order valence-electron chi connectivity index (χ0n) is 15.2. The monoisotopic (exact) mass is 374 g/mol. The van der Waals surface area contributed by atoms with Gasteiger partial charge in [0.2, 0.25) is 0 Å². The van der Waals surface area contributed by atoms with Crippen LogP contribution in [0.15, 0.2) is 36.5 Å². The van der Waals surface area contributed by atoms with Crippen LogP contribution < -0.4 is 10.1 Å². The van der Waals surface area contributed by atoms with E-state index in [0.717, 1.165) is 11.0 Å². The molecule has 0 spiro atoms. The number of hydrogen-bond donors (Lipinski definition) is 1. The summed E-state index contributed by atoms with van der Waals surface area (Å²) in [6.45, 7) is 2.89. The predicted octanol–water partition coefficient (Wildman–Crippen LogP) is 3.85. The number of aromatic nitrogens is 3. The number of alkyl halides is 2. The van der Waals surface area contributed by atoms with Crippen molar-refractivity contribution < 1.29 is 18.3 Å². The largest absolute Gasteiger partial charge is 0.434 e. The van der Waals surface area contributed by atoms with Crippen LogP contribution in [0.25, 0.3) is 11.0 Å². The SMILES string of the molecule is Cc1nc2c(cnn2C(C)C)cc1C(=O)NCc1ccccc1OC(F)F. The van der Waals surface area contributed by atoms with E-state index in [1.165, 1.54) is 6.07 Å². The number of ether oxygens (including phenoxy) is 1. The lowest BCUT2D eigenvalue weighted by molar-refractivity contribution is -0.0504. The van der Waals surface area contributed by atoms with Crippen molar-refractivity contribution in [2.45, 2.75) is 40.0 Å². The number of carbonyl (C=O) groups is 1. The molecular formula is C19H20F2N4O2. The molecule has 0 radical (unpaired) electrons. The summed E-state index contributed by atoms with van der Waals surface area (Å²) in [5.74, 6) is -0.303. The number of carbonyl (C=O) groups excluding carboxylic acids is 1. The van der Waals surface area contributed by atoms with Crippen LogP contribution >= 0.6 is 0 Å². The fourth-order valence-corrected chi connectivity index (χ4v) is 2.81. The third-order valence-electron chi connectivity index (χ3n) is 4.12. The van der Waals surface area contributed by atoms with E-state index in [2.05, 4.69) is 20.1 Å². The quantitative estimate of drug-likeness (QED) is 0.712. The smallest absolute Gasteiger partial charge is 0.387 e. The first-order valence-corrected chi connectivity index (χ1v) is 8.52. The lowest BCUT2D eigenvalue weighted by atomic mass is 10.1. The molecule has 6 nitrogen and oxygen atoms in total. The van der Waals surface area contributed by atoms with Gasteiger partial charge in [-0.2, -0.15) is 13.9 Å². The first-order valence-electron chi connectivity index (χ1n) is 8.52. The molecule has 0 saturated carbocycles. The van der Waals surface area contributed by atoms with Crippen LogP contribution in [0.5, 0.6) is 5.75 Å². The van der Waals surface area contributed by atoms with E-state index >= 15 is 0 Å². The minimum atomic E-state index is -2.92. The van der Waals surface area contributed by atoms with E-state index in [0.29, 0.717) is 16.8 Å². The van der Waals surface area contributed by atoms with Gasteiger partial charge in [-0.3, -0.25) is 4.79 Å². The molecule has 3 aromatic rings. The van der Waals surface area contributed by atoms with Crippen molar-refractivity contribution in [1.29, 1.82) is 0 Å². The first-order chi connectivity index (χ1) is 12.9. The van der Waals surface area contributed by atoms with Gasteiger partial charge >= 0.3 is 6.61 Å². The molecule has 0 atom stereocenters. The average Bonchev–Trinajstić information content (AvgIpc) is 3.02. The number of aryl methyl sites for hydroxylation is 1. The Balaban J connectivity index is 1.80. The van der Waals surface area contributed by atoms with E-state index in [-0.39, 0.29) is 24.2 Å². The maximum Gasteiger partial charge on any atom is 0.387 e. The van der Waals surface area contributed by atoms with Crippen LogP contribution in [-0.2, 0) is 6.54 Å². The number of benzene rings is 1. The molecule has 0 bridgehead atoms. The summed E-state index contributed by atoms with van der Waals surface area (Å²) in [5, 5.41) is 7.80. The third kappa shape index (κ3) is 4.05. The zero-order valence-corrected chi connectivity index (χ0v) is 15.2. The Hall–Kier alpha value is -3.03. The number of nitrogens with one attached hydrogen (secondary N) is 1. The number of pyridine rings is 1. The van der Waals surface area contributed by atoms with Gasteiger partial charge in [-0.1, -0.05) is 18.2 Å². The minimum absolute atomic E-state index is 0.0382. The number of amides is 1. The number of halogens is 2. The molecule has 27 heavy (non-hydrogen) atoms. The molecule has 0 unspecified atom stereocenters. The van der Waals surface area contributed by atoms with Gasteiger partial charge in [-0.05, 0) is 32.9 Å². The highest BCUT2D eigenvalue weighted by atomic mass is 19.3. The molecular weight excluding hydrogens is 354 g/mol. The fourth-order valence-electron chi connectivity index (χ4n) is 2.81. The maximum absolute atomic E-state index is 12.6. The van der Waals surface area contributed by atoms with Crippen molar-refractivity contribution in [2.75, 3.05) is 0 Å². The second-order valence-electron chi connectivity index (χ2n) is 6.39. The molecule has 0 aliphatic rings. The molecule has 0 fully saturated rings. The molecule has 2 aromatic heterocycles. The van der Waals surface area contributed by atoms with E-state index < -0.39 is 6.61 Å². The van der Waals surface area contributed by atoms with Gasteiger partial charge < -0.3 is 10.1 Å². The Morgan fingerprint density at radius 3 is 2.74 bits per heavy atom. The number of nitrogens with zero attached hydrogens (tertiary/aromatic N) is 3. The zero-order chi connectivity index (χ0) is 19.6. The Morgan fingerprint density at radius 2 is 2.04 bits per heavy atom. The maximum atomic E-state index is 12.6. The number of para-hydroxylation sites is 1. The number of rotatable bonds is 6. The molecule has 3 rings (SSSR count). The van der Waals surface area contributed by atoms with Crippen molar-refractivity contribution in [3.8, 4) is 5.75 Å². The molecule has 0 aliphatic carbocycles. The molecule has 142 valence electrons. The Kier molecular flexibility index (Phi) is 5.34. The van der Waals surface area contributed by atoms with Crippen LogP contribution in [0.1, 0.15) is 41.5 Å². The second-order valence-corrected chi connectivity index (χ2v) is 6.39. The van der Waals surface area contributed by atoms with Crippen molar-refractivity contribution in [3.63, 3.8) is 0 Å². The molecule has 1 amide bonds. The van der Waals surface area contributed by atoms with Gasteiger partial charge in [0.25, 0.3) is 5.91 Å².